The van der Waals surface area contributed by atoms with Crippen LogP contribution in [0.25, 0.3) is 11.0 Å². The second-order valence-corrected chi connectivity index (χ2v) is 5.41. The molecule has 1 heterocycles. The highest BCUT2D eigenvalue weighted by Gasteiger charge is 2.12. The molecule has 1 amide bonds. The van der Waals surface area contributed by atoms with Crippen molar-refractivity contribution >= 4 is 16.9 Å². The van der Waals surface area contributed by atoms with E-state index in [0.717, 1.165) is 10.9 Å². The van der Waals surface area contributed by atoms with Crippen LogP contribution >= 0.6 is 0 Å². The third-order valence-electron chi connectivity index (χ3n) is 3.38. The van der Waals surface area contributed by atoms with E-state index < -0.39 is 5.63 Å². The van der Waals surface area contributed by atoms with Crippen molar-refractivity contribution in [1.82, 2.24) is 9.80 Å². The quantitative estimate of drug-likeness (QED) is 0.780. The molecule has 0 aliphatic heterocycles. The monoisotopic (exact) mass is 304 g/mol. The maximum Gasteiger partial charge on any atom is 0.336 e. The Bertz CT molecular complexity index is 736. The van der Waals surface area contributed by atoms with E-state index in [9.17, 15) is 9.59 Å². The fourth-order valence-electron chi connectivity index (χ4n) is 2.19. The van der Waals surface area contributed by atoms with Gasteiger partial charge in [-0.15, -0.1) is 0 Å². The van der Waals surface area contributed by atoms with E-state index in [4.69, 9.17) is 9.15 Å². The van der Waals surface area contributed by atoms with Gasteiger partial charge in [0.1, 0.15) is 11.3 Å². The first-order valence-electron chi connectivity index (χ1n) is 6.90. The topological polar surface area (TPSA) is 63.0 Å². The van der Waals surface area contributed by atoms with E-state index >= 15 is 0 Å². The first kappa shape index (κ1) is 16.0. The number of hydrogen-bond donors (Lipinski definition) is 0. The van der Waals surface area contributed by atoms with Crippen LogP contribution < -0.4 is 10.4 Å². The van der Waals surface area contributed by atoms with E-state index in [0.29, 0.717) is 17.9 Å². The lowest BCUT2D eigenvalue weighted by Gasteiger charge is -2.19. The summed E-state index contributed by atoms with van der Waals surface area (Å²) in [4.78, 5) is 26.9. The SMILES string of the molecule is COc1ccc2c(CN(C)CC(=O)N(C)C)cc(=O)oc2c1. The van der Waals surface area contributed by atoms with Gasteiger partial charge < -0.3 is 14.1 Å². The van der Waals surface area contributed by atoms with Crippen LogP contribution in [0.5, 0.6) is 5.75 Å². The van der Waals surface area contributed by atoms with Crippen molar-refractivity contribution in [3.63, 3.8) is 0 Å². The second-order valence-electron chi connectivity index (χ2n) is 5.41. The summed E-state index contributed by atoms with van der Waals surface area (Å²) in [6, 6.07) is 6.82. The molecule has 0 spiro atoms. The first-order chi connectivity index (χ1) is 10.4. The number of amides is 1. The van der Waals surface area contributed by atoms with E-state index in [1.54, 1.807) is 32.2 Å². The highest BCUT2D eigenvalue weighted by Crippen LogP contribution is 2.23. The van der Waals surface area contributed by atoms with Gasteiger partial charge >= 0.3 is 5.63 Å². The van der Waals surface area contributed by atoms with Gasteiger partial charge in [-0.3, -0.25) is 9.69 Å². The Morgan fingerprint density at radius 2 is 1.95 bits per heavy atom. The Labute approximate surface area is 128 Å². The van der Waals surface area contributed by atoms with Crippen LogP contribution in [0.4, 0.5) is 0 Å². The van der Waals surface area contributed by atoms with Gasteiger partial charge in [0.2, 0.25) is 5.91 Å². The molecule has 0 saturated carbocycles. The molecule has 22 heavy (non-hydrogen) atoms. The molecule has 1 aromatic heterocycles. The number of hydrogen-bond acceptors (Lipinski definition) is 5. The minimum atomic E-state index is -0.414. The molecule has 2 aromatic rings. The standard InChI is InChI=1S/C16H20N2O4/c1-17(2)15(19)10-18(3)9-11-7-16(20)22-14-8-12(21-4)5-6-13(11)14/h5-8H,9-10H2,1-4H3. The molecule has 118 valence electrons. The van der Waals surface area contributed by atoms with E-state index in [1.165, 1.54) is 6.07 Å². The molecule has 0 bridgehead atoms. The van der Waals surface area contributed by atoms with Gasteiger partial charge in [0, 0.05) is 38.2 Å². The molecular formula is C16H20N2O4. The summed E-state index contributed by atoms with van der Waals surface area (Å²) in [6.45, 7) is 0.763. The number of likely N-dealkylation sites (N-methyl/N-ethyl adjacent to an activating group) is 2. The number of carbonyl (C=O) groups excluding carboxylic acids is 1. The van der Waals surface area contributed by atoms with Gasteiger partial charge in [-0.1, -0.05) is 0 Å². The molecule has 0 N–H and O–H groups in total. The van der Waals surface area contributed by atoms with Gasteiger partial charge in [0.25, 0.3) is 0 Å². The molecule has 2 rings (SSSR count). The lowest BCUT2D eigenvalue weighted by atomic mass is 10.1. The molecule has 0 aliphatic rings. The number of carbonyl (C=O) groups is 1. The zero-order valence-corrected chi connectivity index (χ0v) is 13.3. The predicted octanol–water partition coefficient (Wildman–Crippen LogP) is 1.32. The average molecular weight is 304 g/mol. The highest BCUT2D eigenvalue weighted by atomic mass is 16.5. The molecule has 6 heteroatoms. The van der Waals surface area contributed by atoms with E-state index in [1.807, 2.05) is 24.1 Å². The van der Waals surface area contributed by atoms with Crippen molar-refractivity contribution in [2.24, 2.45) is 0 Å². The van der Waals surface area contributed by atoms with Crippen molar-refractivity contribution in [2.45, 2.75) is 6.54 Å². The summed E-state index contributed by atoms with van der Waals surface area (Å²) in [5.74, 6) is 0.639. The van der Waals surface area contributed by atoms with Crippen LogP contribution in [0.15, 0.2) is 33.5 Å². The Morgan fingerprint density at radius 1 is 1.23 bits per heavy atom. The zero-order valence-electron chi connectivity index (χ0n) is 13.3. The minimum absolute atomic E-state index is 0.0106. The summed E-state index contributed by atoms with van der Waals surface area (Å²) < 4.78 is 10.4. The molecule has 1 aromatic carbocycles. The minimum Gasteiger partial charge on any atom is -0.497 e. The smallest absolute Gasteiger partial charge is 0.336 e. The lowest BCUT2D eigenvalue weighted by Crippen LogP contribution is -2.34. The van der Waals surface area contributed by atoms with Gasteiger partial charge in [-0.05, 0) is 24.7 Å². The summed E-state index contributed by atoms with van der Waals surface area (Å²) in [5.41, 5.74) is 0.889. The maximum absolute atomic E-state index is 11.7. The molecule has 0 radical (unpaired) electrons. The first-order valence-corrected chi connectivity index (χ1v) is 6.90. The van der Waals surface area contributed by atoms with Gasteiger partial charge in [-0.2, -0.15) is 0 Å². The Kier molecular flexibility index (Phi) is 4.82. The van der Waals surface area contributed by atoms with Crippen LogP contribution in [-0.4, -0.2) is 50.5 Å². The van der Waals surface area contributed by atoms with Crippen LogP contribution in [-0.2, 0) is 11.3 Å². The Balaban J connectivity index is 2.31. The normalized spacial score (nSPS) is 11.0. The Hall–Kier alpha value is -2.34. The van der Waals surface area contributed by atoms with Crippen molar-refractivity contribution in [2.75, 3.05) is 34.8 Å². The third-order valence-corrected chi connectivity index (χ3v) is 3.38. The predicted molar refractivity (Wildman–Crippen MR) is 84.1 cm³/mol. The van der Waals surface area contributed by atoms with E-state index in [-0.39, 0.29) is 12.5 Å². The molecule has 0 saturated heterocycles. The number of methoxy groups -OCH3 is 1. The van der Waals surface area contributed by atoms with Crippen molar-refractivity contribution in [3.05, 3.63) is 40.2 Å². The van der Waals surface area contributed by atoms with Crippen LogP contribution in [0, 0.1) is 0 Å². The van der Waals surface area contributed by atoms with Crippen molar-refractivity contribution in [3.8, 4) is 5.75 Å². The summed E-state index contributed by atoms with van der Waals surface area (Å²) >= 11 is 0. The summed E-state index contributed by atoms with van der Waals surface area (Å²) in [5, 5.41) is 0.838. The fourth-order valence-corrected chi connectivity index (χ4v) is 2.19. The Morgan fingerprint density at radius 3 is 2.59 bits per heavy atom. The van der Waals surface area contributed by atoms with Crippen LogP contribution in [0.1, 0.15) is 5.56 Å². The number of benzene rings is 1. The van der Waals surface area contributed by atoms with Gasteiger partial charge in [-0.25, -0.2) is 4.79 Å². The summed E-state index contributed by atoms with van der Waals surface area (Å²) in [6.07, 6.45) is 0. The van der Waals surface area contributed by atoms with Crippen LogP contribution in [0.2, 0.25) is 0 Å². The third kappa shape index (κ3) is 3.65. The number of ether oxygens (including phenoxy) is 1. The number of nitrogens with zero attached hydrogens (tertiary/aromatic N) is 2. The molecule has 0 atom stereocenters. The molecule has 0 unspecified atom stereocenters. The zero-order chi connectivity index (χ0) is 16.3. The average Bonchev–Trinajstić information content (AvgIpc) is 2.45. The van der Waals surface area contributed by atoms with E-state index in [2.05, 4.69) is 0 Å². The fraction of sp³-hybridized carbons (Fsp3) is 0.375. The summed E-state index contributed by atoms with van der Waals surface area (Å²) in [7, 11) is 6.83. The van der Waals surface area contributed by atoms with Crippen molar-refractivity contribution in [1.29, 1.82) is 0 Å². The number of fused-ring (bicyclic) bond motifs is 1. The molecule has 0 fully saturated rings. The second kappa shape index (κ2) is 6.62. The largest absolute Gasteiger partial charge is 0.497 e. The maximum atomic E-state index is 11.7. The van der Waals surface area contributed by atoms with Gasteiger partial charge in [0.05, 0.1) is 13.7 Å². The molecule has 0 aliphatic carbocycles. The number of rotatable bonds is 5. The molecular weight excluding hydrogens is 284 g/mol. The lowest BCUT2D eigenvalue weighted by molar-refractivity contribution is -0.129. The molecule has 6 nitrogen and oxygen atoms in total. The van der Waals surface area contributed by atoms with Crippen LogP contribution in [0.3, 0.4) is 0 Å². The van der Waals surface area contributed by atoms with Crippen molar-refractivity contribution < 1.29 is 13.9 Å². The van der Waals surface area contributed by atoms with Gasteiger partial charge in [0.15, 0.2) is 0 Å². The highest BCUT2D eigenvalue weighted by molar-refractivity contribution is 5.81.